The molecule has 1 heterocycles. The third-order valence-electron chi connectivity index (χ3n) is 4.89. The zero-order chi connectivity index (χ0) is 21.2. The van der Waals surface area contributed by atoms with Gasteiger partial charge in [0.05, 0.1) is 13.1 Å². The van der Waals surface area contributed by atoms with Crippen molar-refractivity contribution >= 4 is 23.2 Å². The van der Waals surface area contributed by atoms with Crippen LogP contribution >= 0.6 is 11.3 Å². The summed E-state index contributed by atoms with van der Waals surface area (Å²) in [4.78, 5) is 31.6. The minimum atomic E-state index is -0.146. The lowest BCUT2D eigenvalue weighted by Crippen LogP contribution is -2.45. The number of carbonyl (C=O) groups excluding carboxylic acids is 2. The summed E-state index contributed by atoms with van der Waals surface area (Å²) >= 11 is 1.70. The van der Waals surface area contributed by atoms with Crippen molar-refractivity contribution in [3.05, 3.63) is 57.8 Å². The van der Waals surface area contributed by atoms with Crippen LogP contribution in [-0.4, -0.2) is 48.4 Å². The molecule has 2 amide bonds. The number of aryl methyl sites for hydroxylation is 1. The van der Waals surface area contributed by atoms with Crippen LogP contribution in [0.3, 0.4) is 0 Å². The summed E-state index contributed by atoms with van der Waals surface area (Å²) in [5.41, 5.74) is 1.07. The Morgan fingerprint density at radius 2 is 1.76 bits per heavy atom. The van der Waals surface area contributed by atoms with Crippen molar-refractivity contribution in [1.82, 2.24) is 9.80 Å². The van der Waals surface area contributed by atoms with Crippen LogP contribution < -0.4 is 0 Å². The molecular weight excluding hydrogens is 384 g/mol. The summed E-state index contributed by atoms with van der Waals surface area (Å²) in [7, 11) is 1.50. The highest BCUT2D eigenvalue weighted by Gasteiger charge is 2.23. The second-order valence-electron chi connectivity index (χ2n) is 7.47. The molecule has 6 heteroatoms. The molecule has 158 valence electrons. The molecule has 29 heavy (non-hydrogen) atoms. The number of hydrogen-bond donors (Lipinski definition) is 0. The molecule has 0 fully saturated rings. The maximum Gasteiger partial charge on any atom is 0.249 e. The van der Waals surface area contributed by atoms with Crippen LogP contribution in [0.4, 0.5) is 0 Å². The number of thiophene rings is 1. The minimum absolute atomic E-state index is 0.00742. The lowest BCUT2D eigenvalue weighted by atomic mass is 10.1. The van der Waals surface area contributed by atoms with Gasteiger partial charge in [-0.15, -0.1) is 11.3 Å². The van der Waals surface area contributed by atoms with Crippen LogP contribution in [-0.2, 0) is 27.4 Å². The van der Waals surface area contributed by atoms with Gasteiger partial charge in [0.1, 0.15) is 6.61 Å². The van der Waals surface area contributed by atoms with E-state index in [2.05, 4.69) is 32.9 Å². The van der Waals surface area contributed by atoms with E-state index in [-0.39, 0.29) is 25.0 Å². The van der Waals surface area contributed by atoms with E-state index < -0.39 is 0 Å². The summed E-state index contributed by atoms with van der Waals surface area (Å²) in [6.45, 7) is 7.93. The zero-order valence-corrected chi connectivity index (χ0v) is 18.7. The van der Waals surface area contributed by atoms with E-state index >= 15 is 0 Å². The van der Waals surface area contributed by atoms with Gasteiger partial charge in [-0.1, -0.05) is 50.6 Å². The van der Waals surface area contributed by atoms with Crippen LogP contribution in [0.15, 0.2) is 42.5 Å². The molecule has 0 aliphatic heterocycles. The Balaban J connectivity index is 2.17. The van der Waals surface area contributed by atoms with Crippen molar-refractivity contribution in [3.8, 4) is 0 Å². The predicted molar refractivity (Wildman–Crippen MR) is 118 cm³/mol. The number of ether oxygens (including phenoxy) is 1. The number of nitrogens with zero attached hydrogens (tertiary/aromatic N) is 2. The molecule has 0 aliphatic carbocycles. The van der Waals surface area contributed by atoms with Crippen molar-refractivity contribution in [3.63, 3.8) is 0 Å². The second-order valence-corrected chi connectivity index (χ2v) is 8.84. The summed E-state index contributed by atoms with van der Waals surface area (Å²) in [5, 5.41) is 0. The first-order valence-electron chi connectivity index (χ1n) is 10.1. The Bertz CT molecular complexity index is 775. The van der Waals surface area contributed by atoms with Crippen LogP contribution in [0, 0.1) is 12.8 Å². The van der Waals surface area contributed by atoms with Crippen molar-refractivity contribution < 1.29 is 14.3 Å². The lowest BCUT2D eigenvalue weighted by molar-refractivity contribution is -0.143. The second kappa shape index (κ2) is 11.7. The van der Waals surface area contributed by atoms with Crippen LogP contribution in [0.2, 0.25) is 0 Å². The molecule has 0 bridgehead atoms. The van der Waals surface area contributed by atoms with E-state index in [1.54, 1.807) is 16.2 Å². The summed E-state index contributed by atoms with van der Waals surface area (Å²) in [6, 6.07) is 14.1. The highest BCUT2D eigenvalue weighted by Crippen LogP contribution is 2.19. The van der Waals surface area contributed by atoms with Gasteiger partial charge in [0, 0.05) is 30.0 Å². The van der Waals surface area contributed by atoms with Crippen LogP contribution in [0.1, 0.15) is 35.6 Å². The van der Waals surface area contributed by atoms with Crippen molar-refractivity contribution in [2.75, 3.05) is 26.8 Å². The molecule has 1 aromatic carbocycles. The first-order valence-corrected chi connectivity index (χ1v) is 10.9. The average molecular weight is 417 g/mol. The Labute approximate surface area is 178 Å². The highest BCUT2D eigenvalue weighted by atomic mass is 32.1. The summed E-state index contributed by atoms with van der Waals surface area (Å²) in [5.74, 6) is 0.131. The maximum atomic E-state index is 13.2. The fourth-order valence-corrected chi connectivity index (χ4v) is 3.94. The first kappa shape index (κ1) is 23.1. The number of hydrogen-bond acceptors (Lipinski definition) is 4. The van der Waals surface area contributed by atoms with Gasteiger partial charge in [0.2, 0.25) is 11.8 Å². The van der Waals surface area contributed by atoms with E-state index in [4.69, 9.17) is 4.74 Å². The van der Waals surface area contributed by atoms with Gasteiger partial charge < -0.3 is 14.5 Å². The van der Waals surface area contributed by atoms with E-state index in [0.717, 1.165) is 16.9 Å². The molecule has 0 spiro atoms. The van der Waals surface area contributed by atoms with Crippen molar-refractivity contribution in [2.24, 2.45) is 5.92 Å². The van der Waals surface area contributed by atoms with Gasteiger partial charge in [0.25, 0.3) is 0 Å². The number of methoxy groups -OCH3 is 1. The molecule has 0 saturated heterocycles. The molecule has 5 nitrogen and oxygen atoms in total. The molecule has 2 aromatic rings. The molecule has 1 unspecified atom stereocenters. The quantitative estimate of drug-likeness (QED) is 0.554. The fourth-order valence-electron chi connectivity index (χ4n) is 3.03. The number of amides is 2. The lowest BCUT2D eigenvalue weighted by Gasteiger charge is -2.29. The van der Waals surface area contributed by atoms with Crippen LogP contribution in [0.5, 0.6) is 0 Å². The van der Waals surface area contributed by atoms with Crippen molar-refractivity contribution in [1.29, 1.82) is 0 Å². The van der Waals surface area contributed by atoms with Crippen molar-refractivity contribution in [2.45, 2.75) is 40.3 Å². The normalized spacial score (nSPS) is 11.9. The molecule has 1 atom stereocenters. The zero-order valence-electron chi connectivity index (χ0n) is 17.9. The van der Waals surface area contributed by atoms with E-state index in [9.17, 15) is 9.59 Å². The van der Waals surface area contributed by atoms with Crippen LogP contribution in [0.25, 0.3) is 0 Å². The topological polar surface area (TPSA) is 49.9 Å². The standard InChI is InChI=1S/C23H32N2O3S/c1-5-18(2)13-24(23(27)17-28-4)16-22(26)25(14-20-9-7-6-8-10-20)15-21-12-11-19(3)29-21/h6-12,18H,5,13-17H2,1-4H3. The average Bonchev–Trinajstić information content (AvgIpc) is 3.12. The molecule has 0 saturated carbocycles. The van der Waals surface area contributed by atoms with E-state index in [0.29, 0.717) is 25.6 Å². The predicted octanol–water partition coefficient (Wildman–Crippen LogP) is 4.11. The fraction of sp³-hybridized carbons (Fsp3) is 0.478. The summed E-state index contributed by atoms with van der Waals surface area (Å²) in [6.07, 6.45) is 0.952. The van der Waals surface area contributed by atoms with Gasteiger partial charge in [-0.25, -0.2) is 0 Å². The molecular formula is C23H32N2O3S. The molecule has 0 N–H and O–H groups in total. The smallest absolute Gasteiger partial charge is 0.249 e. The van der Waals surface area contributed by atoms with Gasteiger partial charge in [-0.05, 0) is 30.5 Å². The monoisotopic (exact) mass is 416 g/mol. The Morgan fingerprint density at radius 3 is 2.34 bits per heavy atom. The number of benzene rings is 1. The Kier molecular flexibility index (Phi) is 9.35. The highest BCUT2D eigenvalue weighted by molar-refractivity contribution is 7.11. The van der Waals surface area contributed by atoms with E-state index in [1.807, 2.05) is 35.2 Å². The number of carbonyl (C=O) groups is 2. The summed E-state index contributed by atoms with van der Waals surface area (Å²) < 4.78 is 5.02. The van der Waals surface area contributed by atoms with Gasteiger partial charge in [-0.3, -0.25) is 9.59 Å². The molecule has 2 rings (SSSR count). The van der Waals surface area contributed by atoms with E-state index in [1.165, 1.54) is 12.0 Å². The molecule has 0 aliphatic rings. The molecule has 0 radical (unpaired) electrons. The largest absolute Gasteiger partial charge is 0.375 e. The van der Waals surface area contributed by atoms with Gasteiger partial charge >= 0.3 is 0 Å². The maximum absolute atomic E-state index is 13.2. The Hall–Kier alpha value is -2.18. The Morgan fingerprint density at radius 1 is 1.03 bits per heavy atom. The van der Waals surface area contributed by atoms with Gasteiger partial charge in [-0.2, -0.15) is 0 Å². The third-order valence-corrected chi connectivity index (χ3v) is 5.87. The minimum Gasteiger partial charge on any atom is -0.375 e. The number of rotatable bonds is 11. The SMILES string of the molecule is CCC(C)CN(CC(=O)N(Cc1ccccc1)Cc1ccc(C)s1)C(=O)COC. The first-order chi connectivity index (χ1) is 13.9. The molecule has 1 aromatic heterocycles. The third kappa shape index (κ3) is 7.63. The van der Waals surface area contributed by atoms with Gasteiger partial charge in [0.15, 0.2) is 0 Å².